The molecule has 0 spiro atoms. The highest BCUT2D eigenvalue weighted by Gasteiger charge is 2.29. The van der Waals surface area contributed by atoms with E-state index in [0.29, 0.717) is 18.9 Å². The molecule has 0 unspecified atom stereocenters. The fourth-order valence-electron chi connectivity index (χ4n) is 2.43. The summed E-state index contributed by atoms with van der Waals surface area (Å²) < 4.78 is 1.88. The van der Waals surface area contributed by atoms with E-state index in [1.807, 2.05) is 17.8 Å². The Hall–Kier alpha value is -2.16. The highest BCUT2D eigenvalue weighted by molar-refractivity contribution is 6.08. The fraction of sp³-hybridized carbons (Fsp3) is 0.625. The first-order chi connectivity index (χ1) is 10.3. The maximum atomic E-state index is 9.00. The van der Waals surface area contributed by atoms with Gasteiger partial charge in [0.2, 0.25) is 6.19 Å². The highest BCUT2D eigenvalue weighted by Crippen LogP contribution is 2.33. The second-order valence-corrected chi connectivity index (χ2v) is 6.78. The van der Waals surface area contributed by atoms with Gasteiger partial charge in [0.25, 0.3) is 0 Å². The van der Waals surface area contributed by atoms with E-state index in [2.05, 4.69) is 50.0 Å². The lowest BCUT2D eigenvalue weighted by Crippen LogP contribution is -2.35. The summed E-state index contributed by atoms with van der Waals surface area (Å²) in [6.45, 7) is 13.9. The molecule has 0 amide bonds. The lowest BCUT2D eigenvalue weighted by atomic mass is 9.90. The Balaban J connectivity index is 2.75. The van der Waals surface area contributed by atoms with Gasteiger partial charge in [-0.1, -0.05) is 34.6 Å². The van der Waals surface area contributed by atoms with Crippen molar-refractivity contribution in [2.75, 3.05) is 6.54 Å². The van der Waals surface area contributed by atoms with Crippen LogP contribution in [0.5, 0.6) is 0 Å². The molecule has 1 N–H and O–H groups in total. The number of hydrogen-bond donors (Lipinski definition) is 1. The Morgan fingerprint density at radius 2 is 2.09 bits per heavy atom. The summed E-state index contributed by atoms with van der Waals surface area (Å²) in [5.41, 5.74) is 3.59. The SMILES string of the molecule is CCn1nc(C(C)C)c2c1C(=NC#N)NCC(C(C)(C)C)=N2. The van der Waals surface area contributed by atoms with E-state index < -0.39 is 0 Å². The van der Waals surface area contributed by atoms with Crippen LogP contribution in [-0.4, -0.2) is 27.9 Å². The highest BCUT2D eigenvalue weighted by atomic mass is 15.3. The molecule has 2 rings (SSSR count). The van der Waals surface area contributed by atoms with Crippen LogP contribution < -0.4 is 5.32 Å². The van der Waals surface area contributed by atoms with Gasteiger partial charge in [0.05, 0.1) is 12.2 Å². The van der Waals surface area contributed by atoms with Crippen molar-refractivity contribution in [1.82, 2.24) is 15.1 Å². The topological polar surface area (TPSA) is 78.4 Å². The van der Waals surface area contributed by atoms with E-state index >= 15 is 0 Å². The molecule has 0 bridgehead atoms. The molecule has 118 valence electrons. The predicted molar refractivity (Wildman–Crippen MR) is 88.7 cm³/mol. The van der Waals surface area contributed by atoms with E-state index in [-0.39, 0.29) is 11.3 Å². The van der Waals surface area contributed by atoms with Crippen LogP contribution in [0.1, 0.15) is 58.8 Å². The van der Waals surface area contributed by atoms with E-state index in [9.17, 15) is 0 Å². The average molecular weight is 300 g/mol. The van der Waals surface area contributed by atoms with Crippen LogP contribution in [0, 0.1) is 16.9 Å². The number of aryl methyl sites for hydroxylation is 1. The molecule has 1 aromatic heterocycles. The van der Waals surface area contributed by atoms with Crippen molar-refractivity contribution in [3.63, 3.8) is 0 Å². The minimum Gasteiger partial charge on any atom is -0.362 e. The van der Waals surface area contributed by atoms with Crippen LogP contribution in [0.25, 0.3) is 0 Å². The van der Waals surface area contributed by atoms with Crippen molar-refractivity contribution in [2.45, 2.75) is 54.0 Å². The summed E-state index contributed by atoms with van der Waals surface area (Å²) in [7, 11) is 0. The molecule has 0 radical (unpaired) electrons. The van der Waals surface area contributed by atoms with Gasteiger partial charge in [-0.05, 0) is 12.8 Å². The van der Waals surface area contributed by atoms with E-state index in [1.165, 1.54) is 0 Å². The molecule has 6 nitrogen and oxygen atoms in total. The normalized spacial score (nSPS) is 16.8. The first-order valence-corrected chi connectivity index (χ1v) is 7.69. The second-order valence-electron chi connectivity index (χ2n) is 6.78. The van der Waals surface area contributed by atoms with Gasteiger partial charge in [-0.3, -0.25) is 9.67 Å². The van der Waals surface area contributed by atoms with Crippen molar-refractivity contribution in [3.8, 4) is 6.19 Å². The number of nitriles is 1. The Bertz CT molecular complexity index is 664. The Morgan fingerprint density at radius 3 is 2.59 bits per heavy atom. The van der Waals surface area contributed by atoms with Crippen LogP contribution in [0.15, 0.2) is 9.98 Å². The third kappa shape index (κ3) is 2.89. The molecule has 0 fully saturated rings. The second kappa shape index (κ2) is 5.91. The molecule has 0 saturated carbocycles. The van der Waals surface area contributed by atoms with Gasteiger partial charge in [-0.2, -0.15) is 15.4 Å². The molecule has 0 saturated heterocycles. The number of hydrogen-bond acceptors (Lipinski definition) is 4. The molecule has 2 heterocycles. The maximum absolute atomic E-state index is 9.00. The van der Waals surface area contributed by atoms with Crippen LogP contribution >= 0.6 is 0 Å². The van der Waals surface area contributed by atoms with Gasteiger partial charge in [0.15, 0.2) is 5.84 Å². The molecule has 0 aliphatic carbocycles. The number of fused-ring (bicyclic) bond motifs is 1. The zero-order valence-corrected chi connectivity index (χ0v) is 14.2. The van der Waals surface area contributed by atoms with Crippen molar-refractivity contribution < 1.29 is 0 Å². The van der Waals surface area contributed by atoms with Crippen LogP contribution in [0.2, 0.25) is 0 Å². The van der Waals surface area contributed by atoms with Crippen LogP contribution in [0.3, 0.4) is 0 Å². The monoisotopic (exact) mass is 300 g/mol. The minimum atomic E-state index is -0.0606. The number of nitrogens with zero attached hydrogens (tertiary/aromatic N) is 5. The largest absolute Gasteiger partial charge is 0.362 e. The average Bonchev–Trinajstić information content (AvgIpc) is 2.68. The number of aliphatic imine (C=N–C) groups is 2. The maximum Gasteiger partial charge on any atom is 0.207 e. The van der Waals surface area contributed by atoms with Gasteiger partial charge < -0.3 is 5.32 Å². The molecule has 1 aliphatic rings. The zero-order valence-electron chi connectivity index (χ0n) is 14.2. The Kier molecular flexibility index (Phi) is 4.36. The third-order valence-electron chi connectivity index (χ3n) is 3.72. The lowest BCUT2D eigenvalue weighted by molar-refractivity contribution is 0.580. The van der Waals surface area contributed by atoms with Crippen LogP contribution in [-0.2, 0) is 6.54 Å². The van der Waals surface area contributed by atoms with Crippen molar-refractivity contribution >= 4 is 17.2 Å². The molecule has 0 aromatic carbocycles. The number of rotatable bonds is 2. The predicted octanol–water partition coefficient (Wildman–Crippen LogP) is 2.98. The van der Waals surface area contributed by atoms with Crippen molar-refractivity contribution in [3.05, 3.63) is 11.4 Å². The Labute approximate surface area is 132 Å². The summed E-state index contributed by atoms with van der Waals surface area (Å²) in [4.78, 5) is 8.87. The Morgan fingerprint density at radius 1 is 1.41 bits per heavy atom. The summed E-state index contributed by atoms with van der Waals surface area (Å²) in [6, 6.07) is 0. The first-order valence-electron chi connectivity index (χ1n) is 7.69. The molecular weight excluding hydrogens is 276 g/mol. The molecule has 6 heteroatoms. The van der Waals surface area contributed by atoms with Gasteiger partial charge in [0.1, 0.15) is 11.4 Å². The van der Waals surface area contributed by atoms with E-state index in [1.54, 1.807) is 0 Å². The zero-order chi connectivity index (χ0) is 16.5. The standard InChI is InChI=1S/C16H24N6/c1-7-22-14-13(12(21-22)10(2)3)20-11(16(4,5)6)8-18-15(14)19-9-17/h10H,7-8H2,1-6H3,(H,18,19). The number of aromatic nitrogens is 2. The molecule has 22 heavy (non-hydrogen) atoms. The summed E-state index contributed by atoms with van der Waals surface area (Å²) in [5, 5.41) is 16.9. The van der Waals surface area contributed by atoms with Crippen molar-refractivity contribution in [2.24, 2.45) is 15.4 Å². The summed E-state index contributed by atoms with van der Waals surface area (Å²) in [6.07, 6.45) is 1.88. The number of nitrogens with one attached hydrogen (secondary N) is 1. The summed E-state index contributed by atoms with van der Waals surface area (Å²) in [5.74, 6) is 0.815. The van der Waals surface area contributed by atoms with Crippen LogP contribution in [0.4, 0.5) is 5.69 Å². The minimum absolute atomic E-state index is 0.0606. The van der Waals surface area contributed by atoms with E-state index in [4.69, 9.17) is 10.3 Å². The van der Waals surface area contributed by atoms with Gasteiger partial charge in [-0.25, -0.2) is 0 Å². The molecule has 0 atom stereocenters. The van der Waals surface area contributed by atoms with E-state index in [0.717, 1.165) is 22.8 Å². The smallest absolute Gasteiger partial charge is 0.207 e. The van der Waals surface area contributed by atoms with Gasteiger partial charge in [0, 0.05) is 17.7 Å². The lowest BCUT2D eigenvalue weighted by Gasteiger charge is -2.21. The third-order valence-corrected chi connectivity index (χ3v) is 3.72. The molecule has 1 aromatic rings. The molecular formula is C16H24N6. The van der Waals surface area contributed by atoms with Gasteiger partial charge >= 0.3 is 0 Å². The fourth-order valence-corrected chi connectivity index (χ4v) is 2.43. The molecule has 1 aliphatic heterocycles. The summed E-state index contributed by atoms with van der Waals surface area (Å²) >= 11 is 0. The van der Waals surface area contributed by atoms with Crippen molar-refractivity contribution in [1.29, 1.82) is 5.26 Å². The van der Waals surface area contributed by atoms with Gasteiger partial charge in [-0.15, -0.1) is 0 Å². The first kappa shape index (κ1) is 16.2. The quantitative estimate of drug-likeness (QED) is 0.853. The number of amidine groups is 1.